The van der Waals surface area contributed by atoms with Crippen LogP contribution in [0.1, 0.15) is 62.1 Å². The summed E-state index contributed by atoms with van der Waals surface area (Å²) in [6.45, 7) is 7.53. The van der Waals surface area contributed by atoms with Crippen molar-refractivity contribution in [3.63, 3.8) is 0 Å². The molecule has 0 bridgehead atoms. The third-order valence-corrected chi connectivity index (χ3v) is 5.51. The smallest absolute Gasteiger partial charge is 0.319 e. The second kappa shape index (κ2) is 11.4. The van der Waals surface area contributed by atoms with Gasteiger partial charge in [-0.1, -0.05) is 13.3 Å². The number of likely N-dealkylation sites (tertiary alicyclic amines) is 1. The summed E-state index contributed by atoms with van der Waals surface area (Å²) in [5.41, 5.74) is 2.12. The number of carbonyl (C=O) groups is 2. The summed E-state index contributed by atoms with van der Waals surface area (Å²) in [5, 5.41) is 5.57. The number of carbonyl (C=O) groups excluding carboxylic acids is 2. The molecule has 2 aromatic rings. The molecule has 0 atom stereocenters. The molecule has 0 unspecified atom stereocenters. The predicted octanol–water partition coefficient (Wildman–Crippen LogP) is 4.85. The SMILES string of the molecule is CCCCN(Cc1ccco1)c1ccc(NC(=O)NCC)cc1C(=O)N1CCCCC1. The number of piperidine rings is 1. The summed E-state index contributed by atoms with van der Waals surface area (Å²) >= 11 is 0. The number of hydrogen-bond donors (Lipinski definition) is 2. The van der Waals surface area contributed by atoms with E-state index in [1.54, 1.807) is 6.26 Å². The molecular formula is C24H34N4O3. The van der Waals surface area contributed by atoms with Gasteiger partial charge in [0.2, 0.25) is 0 Å². The first-order valence-electron chi connectivity index (χ1n) is 11.4. The molecule has 7 heteroatoms. The molecule has 1 aliphatic rings. The fourth-order valence-corrected chi connectivity index (χ4v) is 3.89. The van der Waals surface area contributed by atoms with E-state index in [4.69, 9.17) is 4.42 Å². The number of nitrogens with zero attached hydrogens (tertiary/aromatic N) is 2. The number of furan rings is 1. The topological polar surface area (TPSA) is 77.8 Å². The van der Waals surface area contributed by atoms with Gasteiger partial charge in [-0.15, -0.1) is 0 Å². The maximum absolute atomic E-state index is 13.5. The number of nitrogens with one attached hydrogen (secondary N) is 2. The van der Waals surface area contributed by atoms with Crippen molar-refractivity contribution in [3.05, 3.63) is 47.9 Å². The summed E-state index contributed by atoms with van der Waals surface area (Å²) in [6.07, 6.45) is 6.97. The van der Waals surface area contributed by atoms with E-state index in [9.17, 15) is 9.59 Å². The van der Waals surface area contributed by atoms with Crippen LogP contribution in [0.2, 0.25) is 0 Å². The Kier molecular flexibility index (Phi) is 8.38. The van der Waals surface area contributed by atoms with Gasteiger partial charge in [-0.25, -0.2) is 4.79 Å². The van der Waals surface area contributed by atoms with Crippen molar-refractivity contribution >= 4 is 23.3 Å². The van der Waals surface area contributed by atoms with Crippen LogP contribution in [-0.2, 0) is 6.54 Å². The Morgan fingerprint density at radius 1 is 1.13 bits per heavy atom. The van der Waals surface area contributed by atoms with Gasteiger partial charge in [-0.3, -0.25) is 4.79 Å². The zero-order valence-corrected chi connectivity index (χ0v) is 18.7. The Morgan fingerprint density at radius 2 is 1.94 bits per heavy atom. The molecule has 0 aliphatic carbocycles. The molecule has 3 amide bonds. The Labute approximate surface area is 184 Å². The third kappa shape index (κ3) is 6.26. The van der Waals surface area contributed by atoms with Crippen molar-refractivity contribution in [2.45, 2.75) is 52.5 Å². The van der Waals surface area contributed by atoms with E-state index in [0.717, 1.165) is 63.2 Å². The molecule has 1 aromatic carbocycles. The molecule has 1 aliphatic heterocycles. The summed E-state index contributed by atoms with van der Waals surface area (Å²) in [6, 6.07) is 9.17. The van der Waals surface area contributed by atoms with Crippen LogP contribution in [0.15, 0.2) is 41.0 Å². The molecule has 1 fully saturated rings. The van der Waals surface area contributed by atoms with Crippen molar-refractivity contribution in [2.24, 2.45) is 0 Å². The predicted molar refractivity (Wildman–Crippen MR) is 124 cm³/mol. The molecule has 168 valence electrons. The maximum Gasteiger partial charge on any atom is 0.319 e. The summed E-state index contributed by atoms with van der Waals surface area (Å²) in [7, 11) is 0. The van der Waals surface area contributed by atoms with E-state index in [-0.39, 0.29) is 11.9 Å². The van der Waals surface area contributed by atoms with Crippen LogP contribution < -0.4 is 15.5 Å². The van der Waals surface area contributed by atoms with Gasteiger partial charge in [0.15, 0.2) is 0 Å². The van der Waals surface area contributed by atoms with Crippen molar-refractivity contribution in [3.8, 4) is 0 Å². The first-order chi connectivity index (χ1) is 15.1. The van der Waals surface area contributed by atoms with Gasteiger partial charge in [0, 0.05) is 31.9 Å². The lowest BCUT2D eigenvalue weighted by atomic mass is 10.1. The Morgan fingerprint density at radius 3 is 2.61 bits per heavy atom. The molecule has 2 N–H and O–H groups in total. The summed E-state index contributed by atoms with van der Waals surface area (Å²) in [5.74, 6) is 0.882. The highest BCUT2D eigenvalue weighted by Gasteiger charge is 2.24. The van der Waals surface area contributed by atoms with Crippen LogP contribution in [0.3, 0.4) is 0 Å². The lowest BCUT2D eigenvalue weighted by Crippen LogP contribution is -2.37. The van der Waals surface area contributed by atoms with Crippen molar-refractivity contribution in [2.75, 3.05) is 36.4 Å². The summed E-state index contributed by atoms with van der Waals surface area (Å²) in [4.78, 5) is 29.7. The lowest BCUT2D eigenvalue weighted by Gasteiger charge is -2.31. The van der Waals surface area contributed by atoms with E-state index in [2.05, 4.69) is 22.5 Å². The molecule has 7 nitrogen and oxygen atoms in total. The highest BCUT2D eigenvalue weighted by molar-refractivity contribution is 6.02. The minimum Gasteiger partial charge on any atom is -0.467 e. The fourth-order valence-electron chi connectivity index (χ4n) is 3.89. The number of hydrogen-bond acceptors (Lipinski definition) is 4. The first kappa shape index (κ1) is 22.7. The lowest BCUT2D eigenvalue weighted by molar-refractivity contribution is 0.0725. The summed E-state index contributed by atoms with van der Waals surface area (Å²) < 4.78 is 5.58. The van der Waals surface area contributed by atoms with Crippen LogP contribution in [0, 0.1) is 0 Å². The van der Waals surface area contributed by atoms with Crippen molar-refractivity contribution < 1.29 is 14.0 Å². The van der Waals surface area contributed by atoms with Crippen molar-refractivity contribution in [1.29, 1.82) is 0 Å². The van der Waals surface area contributed by atoms with Gasteiger partial charge in [0.25, 0.3) is 5.91 Å². The van der Waals surface area contributed by atoms with Crippen LogP contribution in [0.5, 0.6) is 0 Å². The highest BCUT2D eigenvalue weighted by Crippen LogP contribution is 2.29. The zero-order valence-electron chi connectivity index (χ0n) is 18.7. The van der Waals surface area contributed by atoms with Gasteiger partial charge in [0.1, 0.15) is 5.76 Å². The standard InChI is InChI=1S/C24H34N4O3/c1-3-5-13-28(18-20-10-9-16-31-20)22-12-11-19(26-24(30)25-4-2)17-21(22)23(29)27-14-7-6-8-15-27/h9-12,16-17H,3-8,13-15,18H2,1-2H3,(H2,25,26,30). The molecule has 0 radical (unpaired) electrons. The fraction of sp³-hybridized carbons (Fsp3) is 0.500. The molecule has 1 aromatic heterocycles. The van der Waals surface area contributed by atoms with Gasteiger partial charge in [-0.2, -0.15) is 0 Å². The van der Waals surface area contributed by atoms with E-state index >= 15 is 0 Å². The number of urea groups is 1. The molecule has 0 saturated carbocycles. The van der Waals surface area contributed by atoms with Crippen LogP contribution in [0.4, 0.5) is 16.2 Å². The Balaban J connectivity index is 1.94. The average molecular weight is 427 g/mol. The molecule has 1 saturated heterocycles. The number of anilines is 2. The van der Waals surface area contributed by atoms with Gasteiger partial charge in [0.05, 0.1) is 24.1 Å². The van der Waals surface area contributed by atoms with Gasteiger partial charge in [-0.05, 0) is 62.9 Å². The third-order valence-electron chi connectivity index (χ3n) is 5.51. The zero-order chi connectivity index (χ0) is 22.1. The maximum atomic E-state index is 13.5. The van der Waals surface area contributed by atoms with E-state index in [0.29, 0.717) is 24.3 Å². The molecular weight excluding hydrogens is 392 g/mol. The van der Waals surface area contributed by atoms with E-state index in [1.165, 1.54) is 0 Å². The second-order valence-corrected chi connectivity index (χ2v) is 7.92. The second-order valence-electron chi connectivity index (χ2n) is 7.92. The van der Waals surface area contributed by atoms with Crippen LogP contribution in [-0.4, -0.2) is 43.0 Å². The number of rotatable bonds is 9. The van der Waals surface area contributed by atoms with E-state index < -0.39 is 0 Å². The first-order valence-corrected chi connectivity index (χ1v) is 11.4. The van der Waals surface area contributed by atoms with Crippen LogP contribution in [0.25, 0.3) is 0 Å². The average Bonchev–Trinajstić information content (AvgIpc) is 3.30. The monoisotopic (exact) mass is 426 g/mol. The number of benzene rings is 1. The van der Waals surface area contributed by atoms with E-state index in [1.807, 2.05) is 42.2 Å². The van der Waals surface area contributed by atoms with Crippen molar-refractivity contribution in [1.82, 2.24) is 10.2 Å². The molecule has 31 heavy (non-hydrogen) atoms. The molecule has 2 heterocycles. The molecule has 3 rings (SSSR count). The minimum absolute atomic E-state index is 0.0233. The highest BCUT2D eigenvalue weighted by atomic mass is 16.3. The van der Waals surface area contributed by atoms with Gasteiger partial charge < -0.3 is 24.9 Å². The van der Waals surface area contributed by atoms with Gasteiger partial charge >= 0.3 is 6.03 Å². The number of amides is 3. The normalized spacial score (nSPS) is 13.7. The Bertz CT molecular complexity index is 845. The Hall–Kier alpha value is -2.96. The van der Waals surface area contributed by atoms with Crippen LogP contribution >= 0.6 is 0 Å². The number of unbranched alkanes of at least 4 members (excludes halogenated alkanes) is 1. The molecule has 0 spiro atoms. The largest absolute Gasteiger partial charge is 0.467 e. The quantitative estimate of drug-likeness (QED) is 0.601. The minimum atomic E-state index is -0.273.